The number of halogens is 1. The highest BCUT2D eigenvalue weighted by atomic mass is 19.1. The summed E-state index contributed by atoms with van der Waals surface area (Å²) in [5.41, 5.74) is 14.8. The van der Waals surface area contributed by atoms with Crippen LogP contribution in [0.2, 0.25) is 0 Å². The highest BCUT2D eigenvalue weighted by Crippen LogP contribution is 2.35. The van der Waals surface area contributed by atoms with Crippen LogP contribution in [0.15, 0.2) is 57.6 Å². The number of hydrogen-bond acceptors (Lipinski definition) is 3. The molecule has 28 heavy (non-hydrogen) atoms. The molecular formula is C24H38FN3. The van der Waals surface area contributed by atoms with Gasteiger partial charge in [0.2, 0.25) is 0 Å². The first-order valence-electron chi connectivity index (χ1n) is 10.4. The third-order valence-corrected chi connectivity index (χ3v) is 5.43. The second-order valence-corrected chi connectivity index (χ2v) is 7.53. The molecule has 0 bridgehead atoms. The largest absolute Gasteiger partial charge is 0.403 e. The molecule has 3 unspecified atom stereocenters. The third kappa shape index (κ3) is 6.32. The number of alkyl halides is 1. The summed E-state index contributed by atoms with van der Waals surface area (Å²) < 4.78 is 13.1. The van der Waals surface area contributed by atoms with Gasteiger partial charge in [0, 0.05) is 36.6 Å². The Balaban J connectivity index is 3.09. The minimum absolute atomic E-state index is 0.155. The topological polar surface area (TPSA) is 41.6 Å². The van der Waals surface area contributed by atoms with Crippen molar-refractivity contribution >= 4 is 6.21 Å². The van der Waals surface area contributed by atoms with Crippen LogP contribution in [-0.2, 0) is 0 Å². The van der Waals surface area contributed by atoms with Crippen LogP contribution < -0.4 is 5.73 Å². The van der Waals surface area contributed by atoms with E-state index in [1.165, 1.54) is 17.3 Å². The first-order valence-corrected chi connectivity index (χ1v) is 10.4. The molecule has 3 atom stereocenters. The van der Waals surface area contributed by atoms with Crippen LogP contribution in [0.3, 0.4) is 0 Å². The Labute approximate surface area is 171 Å². The van der Waals surface area contributed by atoms with Crippen LogP contribution in [0.1, 0.15) is 67.2 Å². The van der Waals surface area contributed by atoms with Gasteiger partial charge in [-0.2, -0.15) is 0 Å². The average molecular weight is 388 g/mol. The summed E-state index contributed by atoms with van der Waals surface area (Å²) in [5, 5.41) is 0. The van der Waals surface area contributed by atoms with Gasteiger partial charge in [0.05, 0.1) is 11.9 Å². The first kappa shape index (κ1) is 24.1. The standard InChI is InChI=1S/C24H38FN3/c1-8-11-20(15-27-21(14-26)13-12-18(6)25)19(7)28-16-23(17(4)5)22(9-2)24(28)10-3/h8,14-15,18-19,24H,4,9-10,12-13,16,26H2,1-3,5-7H3/b21-14+,27-15?. The fourth-order valence-electron chi connectivity index (χ4n) is 3.84. The van der Waals surface area contributed by atoms with Crippen molar-refractivity contribution in [2.45, 2.75) is 85.5 Å². The molecule has 0 spiro atoms. The molecule has 0 aliphatic carbocycles. The Bertz CT molecular complexity index is 691. The number of rotatable bonds is 10. The van der Waals surface area contributed by atoms with Crippen molar-refractivity contribution < 1.29 is 4.39 Å². The van der Waals surface area contributed by atoms with Crippen LogP contribution in [0.25, 0.3) is 0 Å². The normalized spacial score (nSPS) is 20.4. The Morgan fingerprint density at radius 1 is 1.43 bits per heavy atom. The number of nitrogens with zero attached hydrogens (tertiary/aromatic N) is 2. The van der Waals surface area contributed by atoms with Crippen molar-refractivity contribution in [2.75, 3.05) is 6.54 Å². The molecule has 0 saturated heterocycles. The highest BCUT2D eigenvalue weighted by molar-refractivity contribution is 5.80. The Kier molecular flexibility index (Phi) is 10.2. The molecule has 0 amide bonds. The predicted molar refractivity (Wildman–Crippen MR) is 120 cm³/mol. The lowest BCUT2D eigenvalue weighted by atomic mass is 9.97. The molecular weight excluding hydrogens is 349 g/mol. The molecule has 0 saturated carbocycles. The van der Waals surface area contributed by atoms with E-state index in [1.807, 2.05) is 19.2 Å². The van der Waals surface area contributed by atoms with E-state index in [0.29, 0.717) is 24.6 Å². The fourth-order valence-corrected chi connectivity index (χ4v) is 3.84. The van der Waals surface area contributed by atoms with E-state index in [4.69, 9.17) is 5.73 Å². The van der Waals surface area contributed by atoms with E-state index in [-0.39, 0.29) is 6.04 Å². The van der Waals surface area contributed by atoms with Crippen LogP contribution >= 0.6 is 0 Å². The molecule has 0 fully saturated rings. The molecule has 1 aliphatic rings. The molecule has 0 radical (unpaired) electrons. The van der Waals surface area contributed by atoms with E-state index in [2.05, 4.69) is 49.9 Å². The zero-order valence-corrected chi connectivity index (χ0v) is 18.6. The molecule has 4 heteroatoms. The molecule has 0 aromatic heterocycles. The monoisotopic (exact) mass is 387 g/mol. The molecule has 0 aromatic carbocycles. The average Bonchev–Trinajstić information content (AvgIpc) is 3.05. The summed E-state index contributed by atoms with van der Waals surface area (Å²) in [6.07, 6.45) is 7.43. The van der Waals surface area contributed by atoms with Gasteiger partial charge >= 0.3 is 0 Å². The fraction of sp³-hybridized carbons (Fsp3) is 0.583. The second kappa shape index (κ2) is 11.8. The van der Waals surface area contributed by atoms with Gasteiger partial charge in [-0.15, -0.1) is 5.73 Å². The van der Waals surface area contributed by atoms with Gasteiger partial charge in [-0.05, 0) is 70.6 Å². The molecule has 3 nitrogen and oxygen atoms in total. The summed E-state index contributed by atoms with van der Waals surface area (Å²) in [7, 11) is 0. The van der Waals surface area contributed by atoms with Crippen LogP contribution in [0.5, 0.6) is 0 Å². The summed E-state index contributed by atoms with van der Waals surface area (Å²) in [4.78, 5) is 7.05. The highest BCUT2D eigenvalue weighted by Gasteiger charge is 2.34. The van der Waals surface area contributed by atoms with Crippen LogP contribution in [0, 0.1) is 0 Å². The summed E-state index contributed by atoms with van der Waals surface area (Å²) in [6, 6.07) is 0.563. The van der Waals surface area contributed by atoms with Crippen molar-refractivity contribution in [3.63, 3.8) is 0 Å². The maximum Gasteiger partial charge on any atom is 0.0977 e. The minimum Gasteiger partial charge on any atom is -0.403 e. The summed E-state index contributed by atoms with van der Waals surface area (Å²) in [6.45, 7) is 17.4. The molecule has 2 N–H and O–H groups in total. The van der Waals surface area contributed by atoms with Crippen molar-refractivity contribution in [1.82, 2.24) is 4.90 Å². The number of hydrogen-bond donors (Lipinski definition) is 1. The van der Waals surface area contributed by atoms with Gasteiger partial charge in [0.25, 0.3) is 0 Å². The van der Waals surface area contributed by atoms with Gasteiger partial charge in [-0.1, -0.05) is 26.0 Å². The lowest BCUT2D eigenvalue weighted by Crippen LogP contribution is -2.40. The van der Waals surface area contributed by atoms with E-state index in [9.17, 15) is 4.39 Å². The molecule has 1 heterocycles. The lowest BCUT2D eigenvalue weighted by molar-refractivity contribution is 0.221. The SMILES string of the molecule is C=C(C)C1=C(CC)C(CC)N(C(C)C(=C=CC)C=N/C(=C/N)CCC(C)F)C1. The Hall–Kier alpha value is -1.90. The van der Waals surface area contributed by atoms with E-state index in [1.54, 1.807) is 6.92 Å². The summed E-state index contributed by atoms with van der Waals surface area (Å²) in [5.74, 6) is 0. The van der Waals surface area contributed by atoms with Gasteiger partial charge in [-0.25, -0.2) is 4.39 Å². The second-order valence-electron chi connectivity index (χ2n) is 7.53. The van der Waals surface area contributed by atoms with E-state index in [0.717, 1.165) is 30.5 Å². The smallest absolute Gasteiger partial charge is 0.0977 e. The van der Waals surface area contributed by atoms with Gasteiger partial charge in [0.15, 0.2) is 0 Å². The van der Waals surface area contributed by atoms with Gasteiger partial charge < -0.3 is 5.73 Å². The molecule has 156 valence electrons. The summed E-state index contributed by atoms with van der Waals surface area (Å²) >= 11 is 0. The predicted octanol–water partition coefficient (Wildman–Crippen LogP) is 5.86. The van der Waals surface area contributed by atoms with Gasteiger partial charge in [-0.3, -0.25) is 9.89 Å². The first-order chi connectivity index (χ1) is 13.3. The van der Waals surface area contributed by atoms with Gasteiger partial charge in [0.1, 0.15) is 0 Å². The van der Waals surface area contributed by atoms with Crippen LogP contribution in [-0.4, -0.2) is 35.9 Å². The maximum atomic E-state index is 13.1. The zero-order valence-electron chi connectivity index (χ0n) is 18.6. The van der Waals surface area contributed by atoms with Crippen molar-refractivity contribution in [3.05, 3.63) is 52.6 Å². The molecule has 1 rings (SSSR count). The quantitative estimate of drug-likeness (QED) is 0.377. The van der Waals surface area contributed by atoms with Crippen molar-refractivity contribution in [3.8, 4) is 0 Å². The van der Waals surface area contributed by atoms with Crippen molar-refractivity contribution in [1.29, 1.82) is 0 Å². The Morgan fingerprint density at radius 2 is 2.11 bits per heavy atom. The van der Waals surface area contributed by atoms with Crippen molar-refractivity contribution in [2.24, 2.45) is 10.7 Å². The number of allylic oxidation sites excluding steroid dienone is 1. The minimum atomic E-state index is -0.858. The van der Waals surface area contributed by atoms with Crippen LogP contribution in [0.4, 0.5) is 4.39 Å². The zero-order chi connectivity index (χ0) is 21.3. The lowest BCUT2D eigenvalue weighted by Gasteiger charge is -2.32. The van der Waals surface area contributed by atoms with E-state index >= 15 is 0 Å². The number of nitrogens with two attached hydrogens (primary N) is 1. The molecule has 1 aliphatic heterocycles. The number of aliphatic imine (C=N–C) groups is 1. The third-order valence-electron chi connectivity index (χ3n) is 5.43. The maximum absolute atomic E-state index is 13.1. The molecule has 0 aromatic rings. The van der Waals surface area contributed by atoms with E-state index < -0.39 is 6.17 Å². The Morgan fingerprint density at radius 3 is 2.57 bits per heavy atom.